The van der Waals surface area contributed by atoms with E-state index in [0.29, 0.717) is 6.04 Å². The molecular weight excluding hydrogens is 370 g/mol. The van der Waals surface area contributed by atoms with Crippen LogP contribution < -0.4 is 10.0 Å². The van der Waals surface area contributed by atoms with Gasteiger partial charge in [-0.2, -0.15) is 0 Å². The van der Waals surface area contributed by atoms with Gasteiger partial charge in [-0.05, 0) is 97.5 Å². The monoisotopic (exact) mass is 401 g/mol. The minimum absolute atomic E-state index is 0.119. The fourth-order valence-electron chi connectivity index (χ4n) is 4.88. The zero-order chi connectivity index (χ0) is 19.3. The van der Waals surface area contributed by atoms with Gasteiger partial charge in [0.05, 0.1) is 6.61 Å². The molecule has 28 heavy (non-hydrogen) atoms. The number of anilines is 1. The predicted octanol–water partition coefficient (Wildman–Crippen LogP) is 4.06. The van der Waals surface area contributed by atoms with E-state index in [-0.39, 0.29) is 6.03 Å². The van der Waals surface area contributed by atoms with E-state index < -0.39 is 0 Å². The van der Waals surface area contributed by atoms with Crippen LogP contribution in [0.15, 0.2) is 17.6 Å². The molecule has 0 spiro atoms. The number of aryl methyl sites for hydroxylation is 2. The summed E-state index contributed by atoms with van der Waals surface area (Å²) < 4.78 is 8.12. The summed E-state index contributed by atoms with van der Waals surface area (Å²) >= 11 is 1.36. The number of amides is 2. The molecule has 2 amide bonds. The Morgan fingerprint density at radius 2 is 1.96 bits per heavy atom. The van der Waals surface area contributed by atoms with Crippen LogP contribution in [0.2, 0.25) is 0 Å². The Kier molecular flexibility index (Phi) is 6.60. The fourth-order valence-corrected chi connectivity index (χ4v) is 5.37. The van der Waals surface area contributed by atoms with Gasteiger partial charge in [-0.3, -0.25) is 9.62 Å². The van der Waals surface area contributed by atoms with Gasteiger partial charge in [0.25, 0.3) is 0 Å². The lowest BCUT2D eigenvalue weighted by molar-refractivity contribution is 0.150. The van der Waals surface area contributed by atoms with Gasteiger partial charge in [-0.25, -0.2) is 4.79 Å². The number of carbonyl (C=O) groups is 1. The van der Waals surface area contributed by atoms with Crippen molar-refractivity contribution in [2.75, 3.05) is 32.1 Å². The van der Waals surface area contributed by atoms with Gasteiger partial charge in [0.2, 0.25) is 0 Å². The number of fused-ring (bicyclic) bond motifs is 2. The lowest BCUT2D eigenvalue weighted by Gasteiger charge is -2.21. The number of hydrogen-bond acceptors (Lipinski definition) is 4. The Morgan fingerprint density at radius 1 is 1.21 bits per heavy atom. The van der Waals surface area contributed by atoms with Crippen molar-refractivity contribution >= 4 is 23.7 Å². The average Bonchev–Trinajstić information content (AvgIpc) is 3.43. The SMILES string of the molecule is COCCN1CCCC1/C=C/SNC(=O)Nc1c2c(cc3c1CCC3)CCC2. The second-order valence-corrected chi connectivity index (χ2v) is 8.69. The number of carbonyl (C=O) groups excluding carboxylic acids is 1. The highest BCUT2D eigenvalue weighted by Crippen LogP contribution is 2.38. The van der Waals surface area contributed by atoms with Crippen molar-refractivity contribution in [3.63, 3.8) is 0 Å². The number of ether oxygens (including phenoxy) is 1. The molecule has 2 N–H and O–H groups in total. The number of methoxy groups -OCH3 is 1. The van der Waals surface area contributed by atoms with E-state index in [0.717, 1.165) is 51.1 Å². The second-order valence-electron chi connectivity index (χ2n) is 7.97. The van der Waals surface area contributed by atoms with Crippen molar-refractivity contribution in [1.82, 2.24) is 9.62 Å². The Balaban J connectivity index is 1.31. The van der Waals surface area contributed by atoms with E-state index in [9.17, 15) is 4.79 Å². The van der Waals surface area contributed by atoms with E-state index in [1.807, 2.05) is 5.41 Å². The molecule has 0 aromatic heterocycles. The van der Waals surface area contributed by atoms with Crippen LogP contribution in [0, 0.1) is 0 Å². The Bertz CT molecular complexity index is 718. The van der Waals surface area contributed by atoms with Crippen molar-refractivity contribution in [2.24, 2.45) is 0 Å². The third-order valence-electron chi connectivity index (χ3n) is 6.23. The lowest BCUT2D eigenvalue weighted by atomic mass is 9.99. The van der Waals surface area contributed by atoms with Crippen LogP contribution in [-0.2, 0) is 30.4 Å². The number of nitrogens with one attached hydrogen (secondary N) is 2. The first-order valence-corrected chi connectivity index (χ1v) is 11.4. The van der Waals surface area contributed by atoms with E-state index >= 15 is 0 Å². The first-order valence-electron chi connectivity index (χ1n) is 10.5. The summed E-state index contributed by atoms with van der Waals surface area (Å²) in [5.74, 6) is 0. The Morgan fingerprint density at radius 3 is 2.68 bits per heavy atom. The maximum atomic E-state index is 12.5. The molecule has 3 aliphatic rings. The van der Waals surface area contributed by atoms with Gasteiger partial charge in [0.1, 0.15) is 0 Å². The molecule has 152 valence electrons. The molecule has 1 saturated heterocycles. The average molecular weight is 402 g/mol. The summed E-state index contributed by atoms with van der Waals surface area (Å²) in [6.07, 6.45) is 11.5. The number of hydrogen-bond donors (Lipinski definition) is 2. The first-order chi connectivity index (χ1) is 13.8. The van der Waals surface area contributed by atoms with Crippen molar-refractivity contribution in [3.8, 4) is 0 Å². The highest BCUT2D eigenvalue weighted by Gasteiger charge is 2.25. The molecule has 1 fully saturated rings. The van der Waals surface area contributed by atoms with E-state index in [1.54, 1.807) is 7.11 Å². The number of likely N-dealkylation sites (tertiary alicyclic amines) is 1. The molecule has 0 radical (unpaired) electrons. The zero-order valence-corrected chi connectivity index (χ0v) is 17.6. The van der Waals surface area contributed by atoms with Crippen LogP contribution in [0.3, 0.4) is 0 Å². The summed E-state index contributed by atoms with van der Waals surface area (Å²) in [5, 5.41) is 5.19. The van der Waals surface area contributed by atoms with Crippen LogP contribution in [-0.4, -0.2) is 43.8 Å². The van der Waals surface area contributed by atoms with Crippen LogP contribution in [0.4, 0.5) is 10.5 Å². The topological polar surface area (TPSA) is 53.6 Å². The maximum absolute atomic E-state index is 12.5. The smallest absolute Gasteiger partial charge is 0.329 e. The third kappa shape index (κ3) is 4.39. The fraction of sp³-hybridized carbons (Fsp3) is 0.591. The van der Waals surface area contributed by atoms with Gasteiger partial charge in [0.15, 0.2) is 0 Å². The molecule has 5 nitrogen and oxygen atoms in total. The van der Waals surface area contributed by atoms with Crippen molar-refractivity contribution < 1.29 is 9.53 Å². The van der Waals surface area contributed by atoms with E-state index in [1.165, 1.54) is 59.9 Å². The molecule has 1 unspecified atom stereocenters. The summed E-state index contributed by atoms with van der Waals surface area (Å²) in [4.78, 5) is 15.0. The van der Waals surface area contributed by atoms with E-state index in [4.69, 9.17) is 4.74 Å². The first kappa shape index (κ1) is 19.8. The number of rotatable bonds is 7. The summed E-state index contributed by atoms with van der Waals surface area (Å²) in [6.45, 7) is 2.86. The van der Waals surface area contributed by atoms with Gasteiger partial charge in [0, 0.05) is 25.4 Å². The summed E-state index contributed by atoms with van der Waals surface area (Å²) in [7, 11) is 1.75. The molecule has 4 rings (SSSR count). The quantitative estimate of drug-likeness (QED) is 0.677. The summed E-state index contributed by atoms with van der Waals surface area (Å²) in [5.41, 5.74) is 6.74. The minimum atomic E-state index is -0.119. The zero-order valence-electron chi connectivity index (χ0n) is 16.8. The molecule has 0 bridgehead atoms. The van der Waals surface area contributed by atoms with Gasteiger partial charge in [-0.1, -0.05) is 12.1 Å². The van der Waals surface area contributed by atoms with E-state index in [2.05, 4.69) is 27.1 Å². The van der Waals surface area contributed by atoms with Crippen molar-refractivity contribution in [2.45, 2.75) is 57.4 Å². The summed E-state index contributed by atoms with van der Waals surface area (Å²) in [6, 6.07) is 2.72. The molecule has 1 atom stereocenters. The van der Waals surface area contributed by atoms with Gasteiger partial charge >= 0.3 is 6.03 Å². The van der Waals surface area contributed by atoms with Crippen LogP contribution in [0.5, 0.6) is 0 Å². The molecule has 0 saturated carbocycles. The number of urea groups is 1. The number of benzene rings is 1. The molecule has 6 heteroatoms. The Hall–Kier alpha value is -1.50. The Labute approximate surface area is 172 Å². The largest absolute Gasteiger partial charge is 0.383 e. The van der Waals surface area contributed by atoms with Gasteiger partial charge < -0.3 is 10.1 Å². The predicted molar refractivity (Wildman–Crippen MR) is 116 cm³/mol. The molecule has 1 aromatic carbocycles. The highest BCUT2D eigenvalue weighted by molar-refractivity contribution is 8.00. The van der Waals surface area contributed by atoms with Gasteiger partial charge in [-0.15, -0.1) is 0 Å². The highest BCUT2D eigenvalue weighted by atomic mass is 32.2. The third-order valence-corrected chi connectivity index (χ3v) is 6.83. The second kappa shape index (κ2) is 9.33. The maximum Gasteiger partial charge on any atom is 0.329 e. The minimum Gasteiger partial charge on any atom is -0.383 e. The van der Waals surface area contributed by atoms with Crippen LogP contribution in [0.25, 0.3) is 0 Å². The normalized spacial score (nSPS) is 21.2. The molecule has 1 aliphatic heterocycles. The lowest BCUT2D eigenvalue weighted by Crippen LogP contribution is -2.31. The standard InChI is InChI=1S/C22H31N3O2S/c1-27-13-12-25-11-4-7-18(25)10-14-28-24-22(26)23-21-19-8-2-5-16(19)15-17-6-3-9-20(17)21/h10,14-15,18H,2-9,11-13H2,1H3,(H2,23,24,26)/b14-10+. The molecular formula is C22H31N3O2S. The molecule has 2 aliphatic carbocycles. The van der Waals surface area contributed by atoms with Crippen molar-refractivity contribution in [1.29, 1.82) is 0 Å². The molecule has 1 aromatic rings. The van der Waals surface area contributed by atoms with Crippen LogP contribution in [0.1, 0.15) is 47.9 Å². The molecule has 1 heterocycles. The van der Waals surface area contributed by atoms with Crippen LogP contribution >= 0.6 is 11.9 Å². The van der Waals surface area contributed by atoms with Crippen molar-refractivity contribution in [3.05, 3.63) is 39.8 Å². The number of nitrogens with zero attached hydrogens (tertiary/aromatic N) is 1.